The van der Waals surface area contributed by atoms with Crippen molar-refractivity contribution in [2.45, 2.75) is 30.4 Å². The highest BCUT2D eigenvalue weighted by Gasteiger charge is 2.12. The summed E-state index contributed by atoms with van der Waals surface area (Å²) >= 11 is 1.58. The van der Waals surface area contributed by atoms with E-state index >= 15 is 0 Å². The van der Waals surface area contributed by atoms with Gasteiger partial charge in [0.05, 0.1) is 5.56 Å². The zero-order valence-corrected chi connectivity index (χ0v) is 9.04. The Morgan fingerprint density at radius 2 is 2.43 bits per heavy atom. The minimum absolute atomic E-state index is 0.290. The molecule has 76 valence electrons. The summed E-state index contributed by atoms with van der Waals surface area (Å²) in [5, 5.41) is 9.32. The van der Waals surface area contributed by atoms with Gasteiger partial charge >= 0.3 is 5.97 Å². The lowest BCUT2D eigenvalue weighted by Gasteiger charge is -2.09. The molecule has 1 rings (SSSR count). The fourth-order valence-corrected chi connectivity index (χ4v) is 1.95. The molecule has 0 saturated carbocycles. The zero-order chi connectivity index (χ0) is 10.6. The second kappa shape index (κ2) is 5.00. The fraction of sp³-hybridized carbons (Fsp3) is 0.400. The second-order valence-electron chi connectivity index (χ2n) is 3.01. The maximum atomic E-state index is 10.8. The highest BCUT2D eigenvalue weighted by Crippen LogP contribution is 2.27. The molecule has 1 heterocycles. The van der Waals surface area contributed by atoms with E-state index in [2.05, 4.69) is 18.8 Å². The maximum absolute atomic E-state index is 10.8. The second-order valence-corrected chi connectivity index (χ2v) is 4.49. The van der Waals surface area contributed by atoms with Crippen molar-refractivity contribution in [3.05, 3.63) is 24.0 Å². The van der Waals surface area contributed by atoms with Crippen LogP contribution < -0.4 is 0 Å². The molecular formula is C10H13NO2S. The van der Waals surface area contributed by atoms with E-state index in [9.17, 15) is 4.79 Å². The normalized spacial score (nSPS) is 12.4. The van der Waals surface area contributed by atoms with Crippen molar-refractivity contribution in [1.29, 1.82) is 0 Å². The van der Waals surface area contributed by atoms with Crippen molar-refractivity contribution in [3.8, 4) is 0 Å². The molecule has 0 aliphatic rings. The number of rotatable bonds is 4. The molecule has 3 nitrogen and oxygen atoms in total. The molecular weight excluding hydrogens is 198 g/mol. The number of nitrogens with zero attached hydrogens (tertiary/aromatic N) is 1. The van der Waals surface area contributed by atoms with E-state index in [-0.39, 0.29) is 5.56 Å². The minimum atomic E-state index is -0.913. The van der Waals surface area contributed by atoms with Crippen LogP contribution in [0.25, 0.3) is 0 Å². The molecule has 0 aliphatic heterocycles. The van der Waals surface area contributed by atoms with E-state index in [0.29, 0.717) is 5.25 Å². The molecule has 0 spiro atoms. The highest BCUT2D eigenvalue weighted by atomic mass is 32.2. The van der Waals surface area contributed by atoms with Crippen molar-refractivity contribution in [1.82, 2.24) is 4.98 Å². The van der Waals surface area contributed by atoms with Gasteiger partial charge in [-0.15, -0.1) is 11.8 Å². The molecule has 4 heteroatoms. The quantitative estimate of drug-likeness (QED) is 0.778. The van der Waals surface area contributed by atoms with Crippen LogP contribution >= 0.6 is 11.8 Å². The lowest BCUT2D eigenvalue weighted by molar-refractivity contribution is 0.0692. The Hall–Kier alpha value is -1.03. The van der Waals surface area contributed by atoms with Gasteiger partial charge in [-0.1, -0.05) is 13.8 Å². The van der Waals surface area contributed by atoms with E-state index in [4.69, 9.17) is 5.11 Å². The Morgan fingerprint density at radius 3 is 3.00 bits per heavy atom. The summed E-state index contributed by atoms with van der Waals surface area (Å²) in [6.45, 7) is 4.16. The molecule has 0 amide bonds. The van der Waals surface area contributed by atoms with Gasteiger partial charge in [-0.2, -0.15) is 0 Å². The van der Waals surface area contributed by atoms with E-state index in [1.165, 1.54) is 6.20 Å². The van der Waals surface area contributed by atoms with E-state index in [0.717, 1.165) is 11.3 Å². The molecule has 0 bridgehead atoms. The molecule has 1 atom stereocenters. The molecule has 0 saturated heterocycles. The van der Waals surface area contributed by atoms with E-state index in [1.807, 2.05) is 0 Å². The zero-order valence-electron chi connectivity index (χ0n) is 8.23. The van der Waals surface area contributed by atoms with Crippen molar-refractivity contribution < 1.29 is 9.90 Å². The van der Waals surface area contributed by atoms with Gasteiger partial charge in [0.25, 0.3) is 0 Å². The summed E-state index contributed by atoms with van der Waals surface area (Å²) in [5.41, 5.74) is 0.290. The predicted octanol–water partition coefficient (Wildman–Crippen LogP) is 2.67. The van der Waals surface area contributed by atoms with Crippen LogP contribution in [0.4, 0.5) is 0 Å². The standard InChI is InChI=1S/C10H13NO2S/c1-3-7(2)14-9-4-5-11-6-8(9)10(12)13/h4-7H,3H2,1-2H3,(H,12,13). The third-order valence-corrected chi connectivity index (χ3v) is 3.26. The van der Waals surface area contributed by atoms with Gasteiger partial charge in [0.1, 0.15) is 0 Å². The van der Waals surface area contributed by atoms with Crippen molar-refractivity contribution in [2.24, 2.45) is 0 Å². The topological polar surface area (TPSA) is 50.2 Å². The van der Waals surface area contributed by atoms with Crippen LogP contribution in [-0.4, -0.2) is 21.3 Å². The summed E-state index contributed by atoms with van der Waals surface area (Å²) in [7, 11) is 0. The predicted molar refractivity (Wildman–Crippen MR) is 56.8 cm³/mol. The Morgan fingerprint density at radius 1 is 1.71 bits per heavy atom. The maximum Gasteiger partial charge on any atom is 0.338 e. The van der Waals surface area contributed by atoms with Gasteiger partial charge in [0.2, 0.25) is 0 Å². The molecule has 14 heavy (non-hydrogen) atoms. The summed E-state index contributed by atoms with van der Waals surface area (Å²) in [6.07, 6.45) is 4.04. The van der Waals surface area contributed by atoms with Crippen LogP contribution in [0.1, 0.15) is 30.6 Å². The monoisotopic (exact) mass is 211 g/mol. The molecule has 1 N–H and O–H groups in total. The third-order valence-electron chi connectivity index (χ3n) is 1.91. The average Bonchev–Trinajstić information content (AvgIpc) is 2.18. The highest BCUT2D eigenvalue weighted by molar-refractivity contribution is 8.00. The number of carbonyl (C=O) groups is 1. The fourth-order valence-electron chi connectivity index (χ4n) is 0.945. The van der Waals surface area contributed by atoms with Crippen LogP contribution in [0.5, 0.6) is 0 Å². The van der Waals surface area contributed by atoms with Crippen molar-refractivity contribution in [2.75, 3.05) is 0 Å². The molecule has 0 aliphatic carbocycles. The van der Waals surface area contributed by atoms with Gasteiger partial charge in [0, 0.05) is 22.5 Å². The van der Waals surface area contributed by atoms with Crippen LogP contribution in [0.3, 0.4) is 0 Å². The first-order valence-electron chi connectivity index (χ1n) is 4.49. The van der Waals surface area contributed by atoms with Crippen LogP contribution in [0.15, 0.2) is 23.4 Å². The Balaban J connectivity index is 2.90. The average molecular weight is 211 g/mol. The summed E-state index contributed by atoms with van der Waals surface area (Å²) in [5.74, 6) is -0.913. The first-order valence-corrected chi connectivity index (χ1v) is 5.37. The van der Waals surface area contributed by atoms with Gasteiger partial charge < -0.3 is 5.11 Å². The summed E-state index contributed by atoms with van der Waals surface area (Å²) in [4.78, 5) is 15.4. The molecule has 0 aromatic carbocycles. The lowest BCUT2D eigenvalue weighted by Crippen LogP contribution is -2.02. The number of aromatic nitrogens is 1. The van der Waals surface area contributed by atoms with Gasteiger partial charge in [-0.05, 0) is 12.5 Å². The number of carboxylic acid groups (broad SMARTS) is 1. The Bertz CT molecular complexity index is 328. The Kier molecular flexibility index (Phi) is 3.95. The number of carboxylic acids is 1. The van der Waals surface area contributed by atoms with Crippen LogP contribution in [0, 0.1) is 0 Å². The number of pyridine rings is 1. The summed E-state index contributed by atoms with van der Waals surface area (Å²) < 4.78 is 0. The summed E-state index contributed by atoms with van der Waals surface area (Å²) in [6, 6.07) is 1.75. The van der Waals surface area contributed by atoms with E-state index < -0.39 is 5.97 Å². The smallest absolute Gasteiger partial charge is 0.338 e. The SMILES string of the molecule is CCC(C)Sc1ccncc1C(=O)O. The first kappa shape index (κ1) is 11.0. The largest absolute Gasteiger partial charge is 0.478 e. The van der Waals surface area contributed by atoms with Crippen molar-refractivity contribution in [3.63, 3.8) is 0 Å². The molecule has 1 aromatic rings. The number of thioether (sulfide) groups is 1. The number of hydrogen-bond acceptors (Lipinski definition) is 3. The van der Waals surface area contributed by atoms with Crippen molar-refractivity contribution >= 4 is 17.7 Å². The molecule has 0 fully saturated rings. The van der Waals surface area contributed by atoms with Crippen LogP contribution in [-0.2, 0) is 0 Å². The number of hydrogen-bond donors (Lipinski definition) is 1. The molecule has 0 radical (unpaired) electrons. The third kappa shape index (κ3) is 2.73. The molecule has 1 unspecified atom stereocenters. The Labute approximate surface area is 87.6 Å². The van der Waals surface area contributed by atoms with Gasteiger partial charge in [-0.3, -0.25) is 4.98 Å². The van der Waals surface area contributed by atoms with Crippen LogP contribution in [0.2, 0.25) is 0 Å². The first-order chi connectivity index (χ1) is 6.65. The molecule has 1 aromatic heterocycles. The van der Waals surface area contributed by atoms with Gasteiger partial charge in [0.15, 0.2) is 0 Å². The lowest BCUT2D eigenvalue weighted by atomic mass is 10.3. The van der Waals surface area contributed by atoms with E-state index in [1.54, 1.807) is 24.0 Å². The number of aromatic carboxylic acids is 1. The minimum Gasteiger partial charge on any atom is -0.478 e. The van der Waals surface area contributed by atoms with Gasteiger partial charge in [-0.25, -0.2) is 4.79 Å².